The standard InChI is InChI=1S/C3H7ClO3.C3H7ClO2/c4-3(7)2(6)1-5;4-1-3(6)2-5/h2-3,5-7H,1H2;3,5-6H,1-2H2. The van der Waals surface area contributed by atoms with Gasteiger partial charge in [0.25, 0.3) is 0 Å². The van der Waals surface area contributed by atoms with Crippen molar-refractivity contribution in [1.82, 2.24) is 0 Å². The van der Waals surface area contributed by atoms with Gasteiger partial charge in [0.2, 0.25) is 0 Å². The maximum absolute atomic E-state index is 8.30. The summed E-state index contributed by atoms with van der Waals surface area (Å²) in [5.41, 5.74) is -1.36. The summed E-state index contributed by atoms with van der Waals surface area (Å²) in [5.74, 6) is 0.108. The maximum Gasteiger partial charge on any atom is 0.155 e. The van der Waals surface area contributed by atoms with Gasteiger partial charge in [0.1, 0.15) is 6.10 Å². The number of aliphatic hydroxyl groups is 5. The van der Waals surface area contributed by atoms with Gasteiger partial charge in [0, 0.05) is 0 Å². The zero-order valence-electron chi connectivity index (χ0n) is 6.85. The van der Waals surface area contributed by atoms with Gasteiger partial charge in [0.05, 0.1) is 25.2 Å². The lowest BCUT2D eigenvalue weighted by atomic mass is 10.4. The van der Waals surface area contributed by atoms with Gasteiger partial charge < -0.3 is 25.5 Å². The first-order valence-electron chi connectivity index (χ1n) is 3.45. The lowest BCUT2D eigenvalue weighted by Crippen LogP contribution is -2.23. The van der Waals surface area contributed by atoms with Crippen LogP contribution < -0.4 is 0 Å². The van der Waals surface area contributed by atoms with Crippen LogP contribution in [0, 0.1) is 0 Å². The van der Waals surface area contributed by atoms with Gasteiger partial charge in [0.15, 0.2) is 5.56 Å². The van der Waals surface area contributed by atoms with Crippen molar-refractivity contribution in [2.24, 2.45) is 0 Å². The highest BCUT2D eigenvalue weighted by Gasteiger charge is 2.09. The lowest BCUT2D eigenvalue weighted by molar-refractivity contribution is 0.0250. The fourth-order valence-electron chi connectivity index (χ4n) is 0.136. The molecule has 0 aromatic rings. The molecule has 0 aliphatic carbocycles. The Morgan fingerprint density at radius 3 is 1.46 bits per heavy atom. The van der Waals surface area contributed by atoms with Gasteiger partial charge in [-0.1, -0.05) is 11.6 Å². The monoisotopic (exact) mass is 236 g/mol. The first-order chi connectivity index (χ1) is 5.99. The van der Waals surface area contributed by atoms with Crippen molar-refractivity contribution in [3.05, 3.63) is 0 Å². The van der Waals surface area contributed by atoms with Gasteiger partial charge in [-0.15, -0.1) is 11.6 Å². The Hall–Kier alpha value is 0.380. The summed E-state index contributed by atoms with van der Waals surface area (Å²) in [6, 6.07) is 0. The highest BCUT2D eigenvalue weighted by Crippen LogP contribution is 1.95. The minimum Gasteiger partial charge on any atom is -0.394 e. The molecule has 13 heavy (non-hydrogen) atoms. The van der Waals surface area contributed by atoms with Crippen LogP contribution in [-0.2, 0) is 0 Å². The van der Waals surface area contributed by atoms with E-state index in [0.29, 0.717) is 0 Å². The lowest BCUT2D eigenvalue weighted by Gasteiger charge is -2.05. The highest BCUT2D eigenvalue weighted by molar-refractivity contribution is 6.19. The summed E-state index contributed by atoms with van der Waals surface area (Å²) in [5, 5.41) is 40.8. The van der Waals surface area contributed by atoms with Crippen LogP contribution in [0.3, 0.4) is 0 Å². The van der Waals surface area contributed by atoms with Crippen LogP contribution in [0.2, 0.25) is 0 Å². The molecule has 0 heterocycles. The Kier molecular flexibility index (Phi) is 12.7. The number of hydrogen-bond acceptors (Lipinski definition) is 5. The van der Waals surface area contributed by atoms with E-state index in [4.69, 9.17) is 48.7 Å². The quantitative estimate of drug-likeness (QED) is 0.382. The molecule has 0 spiro atoms. The van der Waals surface area contributed by atoms with Gasteiger partial charge in [-0.2, -0.15) is 0 Å². The van der Waals surface area contributed by atoms with Crippen molar-refractivity contribution in [1.29, 1.82) is 0 Å². The molecule has 3 atom stereocenters. The Labute approximate surface area is 86.1 Å². The molecule has 0 fully saturated rings. The van der Waals surface area contributed by atoms with Crippen LogP contribution in [0.5, 0.6) is 0 Å². The molecular weight excluding hydrogens is 223 g/mol. The van der Waals surface area contributed by atoms with Crippen molar-refractivity contribution < 1.29 is 25.5 Å². The maximum atomic E-state index is 8.30. The minimum absolute atomic E-state index is 0.108. The normalized spacial score (nSPS) is 16.8. The van der Waals surface area contributed by atoms with Crippen molar-refractivity contribution in [2.45, 2.75) is 17.8 Å². The molecule has 0 bridgehead atoms. The third-order valence-corrected chi connectivity index (χ3v) is 1.54. The van der Waals surface area contributed by atoms with E-state index >= 15 is 0 Å². The fourth-order valence-corrected chi connectivity index (χ4v) is 0.313. The molecule has 82 valence electrons. The van der Waals surface area contributed by atoms with E-state index in [-0.39, 0.29) is 12.5 Å². The molecule has 0 rings (SSSR count). The van der Waals surface area contributed by atoms with Crippen LogP contribution in [-0.4, -0.2) is 62.4 Å². The summed E-state index contributed by atoms with van der Waals surface area (Å²) >= 11 is 9.92. The molecule has 0 saturated heterocycles. The Morgan fingerprint density at radius 2 is 1.46 bits per heavy atom. The van der Waals surface area contributed by atoms with Crippen molar-refractivity contribution in [2.75, 3.05) is 19.1 Å². The average Bonchev–Trinajstić information content (AvgIpc) is 2.16. The van der Waals surface area contributed by atoms with Crippen LogP contribution >= 0.6 is 23.2 Å². The van der Waals surface area contributed by atoms with Crippen molar-refractivity contribution >= 4 is 23.2 Å². The summed E-state index contributed by atoms with van der Waals surface area (Å²) < 4.78 is 0. The van der Waals surface area contributed by atoms with Crippen LogP contribution in [0.4, 0.5) is 0 Å². The zero-order valence-corrected chi connectivity index (χ0v) is 8.36. The Morgan fingerprint density at radius 1 is 1.00 bits per heavy atom. The average molecular weight is 237 g/mol. The molecule has 5 N–H and O–H groups in total. The van der Waals surface area contributed by atoms with E-state index in [1.807, 2.05) is 0 Å². The topological polar surface area (TPSA) is 101 Å². The largest absolute Gasteiger partial charge is 0.394 e. The Bertz CT molecular complexity index is 99.0. The van der Waals surface area contributed by atoms with E-state index in [1.165, 1.54) is 0 Å². The smallest absolute Gasteiger partial charge is 0.155 e. The number of halogens is 2. The summed E-state index contributed by atoms with van der Waals surface area (Å²) in [6.07, 6.45) is -1.96. The predicted octanol–water partition coefficient (Wildman–Crippen LogP) is -1.52. The van der Waals surface area contributed by atoms with Gasteiger partial charge in [-0.25, -0.2) is 0 Å². The second-order valence-corrected chi connectivity index (χ2v) is 2.87. The second-order valence-electron chi connectivity index (χ2n) is 2.11. The zero-order chi connectivity index (χ0) is 10.9. The van der Waals surface area contributed by atoms with Gasteiger partial charge >= 0.3 is 0 Å². The van der Waals surface area contributed by atoms with Crippen LogP contribution in [0.25, 0.3) is 0 Å². The van der Waals surface area contributed by atoms with E-state index in [0.717, 1.165) is 0 Å². The molecule has 3 unspecified atom stereocenters. The minimum atomic E-state index is -1.36. The number of rotatable bonds is 4. The molecule has 0 aromatic heterocycles. The Balaban J connectivity index is 0. The molecule has 0 aromatic carbocycles. The SMILES string of the molecule is OCC(O)C(O)Cl.OCC(O)CCl. The molecule has 5 nitrogen and oxygen atoms in total. The third kappa shape index (κ3) is 12.4. The van der Waals surface area contributed by atoms with Crippen molar-refractivity contribution in [3.63, 3.8) is 0 Å². The molecule has 0 aliphatic heterocycles. The summed E-state index contributed by atoms with van der Waals surface area (Å²) in [6.45, 7) is -0.756. The second kappa shape index (κ2) is 10.5. The molecule has 7 heteroatoms. The molecule has 0 saturated carbocycles. The van der Waals surface area contributed by atoms with Crippen LogP contribution in [0.1, 0.15) is 0 Å². The van der Waals surface area contributed by atoms with E-state index in [2.05, 4.69) is 0 Å². The third-order valence-electron chi connectivity index (χ3n) is 0.893. The fraction of sp³-hybridized carbons (Fsp3) is 1.00. The van der Waals surface area contributed by atoms with E-state index in [9.17, 15) is 0 Å². The first-order valence-corrected chi connectivity index (χ1v) is 4.42. The first kappa shape index (κ1) is 15.8. The number of hydrogen-bond donors (Lipinski definition) is 5. The molecule has 0 aliphatic rings. The molecule has 0 radical (unpaired) electrons. The van der Waals surface area contributed by atoms with Gasteiger partial charge in [-0.05, 0) is 0 Å². The number of aliphatic hydroxyl groups excluding tert-OH is 5. The number of alkyl halides is 2. The van der Waals surface area contributed by atoms with E-state index in [1.54, 1.807) is 0 Å². The van der Waals surface area contributed by atoms with E-state index < -0.39 is 24.4 Å². The highest BCUT2D eigenvalue weighted by atomic mass is 35.5. The molecular formula is C6H14Cl2O5. The summed E-state index contributed by atoms with van der Waals surface area (Å²) in [4.78, 5) is 0. The predicted molar refractivity (Wildman–Crippen MR) is 48.8 cm³/mol. The van der Waals surface area contributed by atoms with Crippen LogP contribution in [0.15, 0.2) is 0 Å². The molecule has 0 amide bonds. The van der Waals surface area contributed by atoms with Crippen molar-refractivity contribution in [3.8, 4) is 0 Å². The van der Waals surface area contributed by atoms with Gasteiger partial charge in [-0.3, -0.25) is 0 Å². The summed E-state index contributed by atoms with van der Waals surface area (Å²) in [7, 11) is 0.